The lowest BCUT2D eigenvalue weighted by atomic mass is 10.2. The van der Waals surface area contributed by atoms with E-state index in [1.165, 1.54) is 11.8 Å². The maximum Gasteiger partial charge on any atom is 0.317 e. The summed E-state index contributed by atoms with van der Waals surface area (Å²) in [5.74, 6) is 0.653. The van der Waals surface area contributed by atoms with Gasteiger partial charge in [-0.25, -0.2) is 0 Å². The predicted molar refractivity (Wildman–Crippen MR) is 104 cm³/mol. The zero-order valence-corrected chi connectivity index (χ0v) is 16.0. The fourth-order valence-electron chi connectivity index (χ4n) is 2.42. The van der Waals surface area contributed by atoms with Crippen LogP contribution in [-0.4, -0.2) is 36.9 Å². The molecule has 0 aliphatic carbocycles. The number of thioether (sulfide) groups is 1. The summed E-state index contributed by atoms with van der Waals surface area (Å²) in [6.07, 6.45) is -0.875. The second-order valence-corrected chi connectivity index (χ2v) is 7.13. The van der Waals surface area contributed by atoms with E-state index in [9.17, 15) is 9.59 Å². The van der Waals surface area contributed by atoms with Crippen molar-refractivity contribution in [3.05, 3.63) is 48.0 Å². The minimum absolute atomic E-state index is 0.0990. The molecule has 2 aromatic carbocycles. The van der Waals surface area contributed by atoms with Gasteiger partial charge in [0.25, 0.3) is 5.91 Å². The first kappa shape index (κ1) is 19.1. The summed E-state index contributed by atoms with van der Waals surface area (Å²) in [6, 6.07) is 12.9. The van der Waals surface area contributed by atoms with Gasteiger partial charge in [-0.05, 0) is 44.2 Å². The highest BCUT2D eigenvalue weighted by Crippen LogP contribution is 2.34. The Bertz CT molecular complexity index is 822. The van der Waals surface area contributed by atoms with Crippen LogP contribution in [0.15, 0.2) is 47.4 Å². The minimum atomic E-state index is -0.875. The van der Waals surface area contributed by atoms with Crippen molar-refractivity contribution in [2.24, 2.45) is 0 Å². The molecule has 142 valence electrons. The number of carbonyl (C=O) groups is 2. The lowest BCUT2D eigenvalue weighted by molar-refractivity contribution is -0.150. The van der Waals surface area contributed by atoms with E-state index in [0.29, 0.717) is 30.4 Å². The Morgan fingerprint density at radius 1 is 1.11 bits per heavy atom. The molecule has 1 aliphatic rings. The first-order valence-corrected chi connectivity index (χ1v) is 9.59. The summed E-state index contributed by atoms with van der Waals surface area (Å²) >= 11 is 1.32. The van der Waals surface area contributed by atoms with Crippen LogP contribution in [0.2, 0.25) is 0 Å². The van der Waals surface area contributed by atoms with E-state index in [2.05, 4.69) is 5.32 Å². The quantitative estimate of drug-likeness (QED) is 0.605. The van der Waals surface area contributed by atoms with Crippen molar-refractivity contribution < 1.29 is 23.8 Å². The van der Waals surface area contributed by atoms with Crippen LogP contribution in [-0.2, 0) is 14.3 Å². The number of nitrogens with one attached hydrogen (secondary N) is 1. The van der Waals surface area contributed by atoms with Gasteiger partial charge in [0.15, 0.2) is 17.6 Å². The largest absolute Gasteiger partial charge is 0.486 e. The zero-order valence-electron chi connectivity index (χ0n) is 15.2. The van der Waals surface area contributed by atoms with Crippen molar-refractivity contribution in [2.75, 3.05) is 24.3 Å². The average molecular weight is 387 g/mol. The Morgan fingerprint density at radius 2 is 1.81 bits per heavy atom. The Balaban J connectivity index is 1.47. The molecule has 0 fully saturated rings. The summed E-state index contributed by atoms with van der Waals surface area (Å²) in [6.45, 7) is 4.57. The number of carbonyl (C=O) groups excluding carboxylic acids is 2. The van der Waals surface area contributed by atoms with E-state index in [4.69, 9.17) is 14.2 Å². The summed E-state index contributed by atoms with van der Waals surface area (Å²) < 4.78 is 16.2. The molecule has 6 nitrogen and oxygen atoms in total. The highest BCUT2D eigenvalue weighted by Gasteiger charge is 2.18. The Hall–Kier alpha value is -2.67. The summed E-state index contributed by atoms with van der Waals surface area (Å²) in [5, 5.41) is 2.73. The number of aryl methyl sites for hydroxylation is 1. The first-order valence-electron chi connectivity index (χ1n) is 8.61. The van der Waals surface area contributed by atoms with Gasteiger partial charge in [-0.1, -0.05) is 17.7 Å². The molecule has 1 N–H and O–H groups in total. The SMILES string of the molecule is Cc1ccc(NC(=O)[C@H](C)OC(=O)CSc2ccc3c(c2)OCCO3)cc1. The molecule has 2 aromatic rings. The molecule has 1 aliphatic heterocycles. The highest BCUT2D eigenvalue weighted by molar-refractivity contribution is 8.00. The van der Waals surface area contributed by atoms with Crippen molar-refractivity contribution in [3.8, 4) is 11.5 Å². The number of rotatable bonds is 6. The Morgan fingerprint density at radius 3 is 2.56 bits per heavy atom. The maximum atomic E-state index is 12.1. The monoisotopic (exact) mass is 387 g/mol. The molecule has 7 heteroatoms. The van der Waals surface area contributed by atoms with Gasteiger partial charge in [0.05, 0.1) is 5.75 Å². The lowest BCUT2D eigenvalue weighted by Crippen LogP contribution is -2.30. The van der Waals surface area contributed by atoms with Crippen molar-refractivity contribution in [1.29, 1.82) is 0 Å². The summed E-state index contributed by atoms with van der Waals surface area (Å²) in [5.41, 5.74) is 1.77. The topological polar surface area (TPSA) is 73.9 Å². The number of anilines is 1. The molecule has 27 heavy (non-hydrogen) atoms. The second kappa shape index (κ2) is 8.81. The van der Waals surface area contributed by atoms with Crippen LogP contribution < -0.4 is 14.8 Å². The van der Waals surface area contributed by atoms with Gasteiger partial charge in [-0.15, -0.1) is 11.8 Å². The molecule has 1 atom stereocenters. The Kier molecular flexibility index (Phi) is 6.24. The van der Waals surface area contributed by atoms with E-state index < -0.39 is 12.1 Å². The van der Waals surface area contributed by atoms with Gasteiger partial charge >= 0.3 is 5.97 Å². The molecule has 0 saturated carbocycles. The molecule has 1 amide bonds. The van der Waals surface area contributed by atoms with E-state index in [0.717, 1.165) is 10.5 Å². The van der Waals surface area contributed by atoms with E-state index in [1.807, 2.05) is 37.3 Å². The molecule has 0 aromatic heterocycles. The van der Waals surface area contributed by atoms with Crippen LogP contribution in [0.3, 0.4) is 0 Å². The van der Waals surface area contributed by atoms with E-state index >= 15 is 0 Å². The normalized spacial score (nSPS) is 13.6. The van der Waals surface area contributed by atoms with Gasteiger partial charge in [-0.2, -0.15) is 0 Å². The van der Waals surface area contributed by atoms with E-state index in [-0.39, 0.29) is 11.7 Å². The average Bonchev–Trinajstić information content (AvgIpc) is 2.68. The van der Waals surface area contributed by atoms with E-state index in [1.54, 1.807) is 19.1 Å². The third-order valence-electron chi connectivity index (χ3n) is 3.87. The zero-order chi connectivity index (χ0) is 19.2. The summed E-state index contributed by atoms with van der Waals surface area (Å²) in [7, 11) is 0. The van der Waals surface area contributed by atoms with Crippen LogP contribution in [0, 0.1) is 6.92 Å². The molecule has 1 heterocycles. The predicted octanol–water partition coefficient (Wildman–Crippen LogP) is 3.43. The molecular formula is C20H21NO5S. The van der Waals surface area contributed by atoms with Gasteiger partial charge in [-0.3, -0.25) is 9.59 Å². The van der Waals surface area contributed by atoms with Gasteiger partial charge in [0, 0.05) is 10.6 Å². The van der Waals surface area contributed by atoms with Crippen molar-refractivity contribution in [1.82, 2.24) is 0 Å². The van der Waals surface area contributed by atoms with Crippen molar-refractivity contribution in [3.63, 3.8) is 0 Å². The standard InChI is InChI=1S/C20H21NO5S/c1-13-3-5-15(6-4-13)21-20(23)14(2)26-19(22)12-27-16-7-8-17-18(11-16)25-10-9-24-17/h3-8,11,14H,9-10,12H2,1-2H3,(H,21,23)/t14-/m0/s1. The van der Waals surface area contributed by atoms with Gasteiger partial charge in [0.2, 0.25) is 0 Å². The van der Waals surface area contributed by atoms with Crippen molar-refractivity contribution >= 4 is 29.3 Å². The van der Waals surface area contributed by atoms with Crippen LogP contribution in [0.5, 0.6) is 11.5 Å². The third kappa shape index (κ3) is 5.40. The molecule has 3 rings (SSSR count). The number of benzene rings is 2. The van der Waals surface area contributed by atoms with Gasteiger partial charge < -0.3 is 19.5 Å². The van der Waals surface area contributed by atoms with Crippen LogP contribution in [0.1, 0.15) is 12.5 Å². The van der Waals surface area contributed by atoms with Crippen LogP contribution >= 0.6 is 11.8 Å². The number of hydrogen-bond acceptors (Lipinski definition) is 6. The number of fused-ring (bicyclic) bond motifs is 1. The maximum absolute atomic E-state index is 12.1. The fraction of sp³-hybridized carbons (Fsp3) is 0.300. The first-order chi connectivity index (χ1) is 13.0. The van der Waals surface area contributed by atoms with Crippen LogP contribution in [0.4, 0.5) is 5.69 Å². The highest BCUT2D eigenvalue weighted by atomic mass is 32.2. The number of amides is 1. The molecule has 0 radical (unpaired) electrons. The minimum Gasteiger partial charge on any atom is -0.486 e. The molecule has 0 bridgehead atoms. The second-order valence-electron chi connectivity index (χ2n) is 6.08. The number of esters is 1. The van der Waals surface area contributed by atoms with Gasteiger partial charge in [0.1, 0.15) is 13.2 Å². The molecular weight excluding hydrogens is 366 g/mol. The molecule has 0 saturated heterocycles. The third-order valence-corrected chi connectivity index (χ3v) is 4.83. The van der Waals surface area contributed by atoms with Crippen molar-refractivity contribution in [2.45, 2.75) is 24.8 Å². The fourth-order valence-corrected chi connectivity index (χ4v) is 3.13. The molecule has 0 unspecified atom stereocenters. The number of hydrogen-bond donors (Lipinski definition) is 1. The number of ether oxygens (including phenoxy) is 3. The summed E-state index contributed by atoms with van der Waals surface area (Å²) in [4.78, 5) is 25.0. The van der Waals surface area contributed by atoms with Crippen LogP contribution in [0.25, 0.3) is 0 Å². The smallest absolute Gasteiger partial charge is 0.317 e. The molecule has 0 spiro atoms. The lowest BCUT2D eigenvalue weighted by Gasteiger charge is -2.18. The Labute approximate surface area is 162 Å².